The zero-order chi connectivity index (χ0) is 42.2. The Morgan fingerprint density at radius 3 is 2.40 bits per heavy atom. The quantitative estimate of drug-likeness (QED) is 0.0573. The zero-order valence-corrected chi connectivity index (χ0v) is 34.8. The molecule has 0 aliphatic carbocycles. The zero-order valence-electron chi connectivity index (χ0n) is 34.8. The first-order valence-electron chi connectivity index (χ1n) is 20.2. The molecule has 0 unspecified atom stereocenters. The van der Waals surface area contributed by atoms with E-state index in [-0.39, 0.29) is 56.5 Å². The van der Waals surface area contributed by atoms with Crippen LogP contribution in [-0.4, -0.2) is 101 Å². The Bertz CT molecular complexity index is 1600. The van der Waals surface area contributed by atoms with Crippen molar-refractivity contribution in [2.75, 3.05) is 13.7 Å². The molecule has 0 amide bonds. The molecule has 13 nitrogen and oxygen atoms in total. The molecule has 0 aromatic carbocycles. The van der Waals surface area contributed by atoms with Gasteiger partial charge in [0, 0.05) is 62.9 Å². The summed E-state index contributed by atoms with van der Waals surface area (Å²) < 4.78 is 41.9. The summed E-state index contributed by atoms with van der Waals surface area (Å²) in [6.45, 7) is 18.7. The number of hydrogen-bond donors (Lipinski definition) is 3. The number of ether oxygens (including phenoxy) is 7. The first-order chi connectivity index (χ1) is 26.7. The van der Waals surface area contributed by atoms with Gasteiger partial charge in [-0.15, -0.1) is 0 Å². The number of carbonyl (C=O) groups excluding carboxylic acids is 3. The summed E-state index contributed by atoms with van der Waals surface area (Å²) in [5.41, 5.74) is -1.24. The predicted octanol–water partition coefficient (Wildman–Crippen LogP) is 5.65. The lowest BCUT2D eigenvalue weighted by atomic mass is 9.70. The largest absolute Gasteiger partial charge is 0.498 e. The molecule has 3 N–H and O–H groups in total. The number of aliphatic hydroxyl groups is 3. The van der Waals surface area contributed by atoms with Gasteiger partial charge in [0.1, 0.15) is 6.10 Å². The lowest BCUT2D eigenvalue weighted by Gasteiger charge is -2.53. The Morgan fingerprint density at radius 2 is 1.72 bits per heavy atom. The number of fused-ring (bicyclic) bond motifs is 6. The SMILES string of the molecule is C=C1C[C@H]2C[C@]3(O)O[C@H](C[C@@H](O)CC(=C)OCC[C@@H]4C/C(=C\C(=O)OC)[C@H](OC(=O)C#CCCCCC)[C@@](O)(O4)C(C)(C)/C=C/[C@@H](C1)O2)C[C@H](OC(C)=O)C3(C)C. The fourth-order valence-electron chi connectivity index (χ4n) is 8.06. The molecule has 6 bridgehead atoms. The number of esters is 3. The fraction of sp³-hybridized carbons (Fsp3) is 0.705. The van der Waals surface area contributed by atoms with Gasteiger partial charge < -0.3 is 48.5 Å². The molecule has 0 aromatic rings. The maximum atomic E-state index is 13.2. The van der Waals surface area contributed by atoms with Crippen molar-refractivity contribution in [1.29, 1.82) is 0 Å². The van der Waals surface area contributed by atoms with Gasteiger partial charge in [-0.2, -0.15) is 0 Å². The summed E-state index contributed by atoms with van der Waals surface area (Å²) in [4.78, 5) is 38.1. The monoisotopic (exact) mass is 800 g/mol. The van der Waals surface area contributed by atoms with Crippen LogP contribution in [-0.2, 0) is 47.5 Å². The molecule has 9 atom stereocenters. The second-order valence-electron chi connectivity index (χ2n) is 17.0. The van der Waals surface area contributed by atoms with Gasteiger partial charge in [0.15, 0.2) is 11.9 Å². The van der Waals surface area contributed by atoms with Crippen LogP contribution >= 0.6 is 0 Å². The van der Waals surface area contributed by atoms with Gasteiger partial charge in [0.2, 0.25) is 5.79 Å². The Labute approximate surface area is 337 Å². The molecule has 0 aromatic heterocycles. The third-order valence-electron chi connectivity index (χ3n) is 11.6. The van der Waals surface area contributed by atoms with E-state index in [9.17, 15) is 29.7 Å². The molecular weight excluding hydrogens is 736 g/mol. The molecule has 4 aliphatic heterocycles. The molecule has 318 valence electrons. The number of methoxy groups -OCH3 is 1. The number of rotatable bonds is 6. The van der Waals surface area contributed by atoms with Crippen LogP contribution in [0.1, 0.15) is 119 Å². The third kappa shape index (κ3) is 11.8. The molecule has 13 heteroatoms. The van der Waals surface area contributed by atoms with E-state index >= 15 is 0 Å². The van der Waals surface area contributed by atoms with Gasteiger partial charge in [-0.05, 0) is 31.3 Å². The first kappa shape index (κ1) is 46.2. The summed E-state index contributed by atoms with van der Waals surface area (Å²) in [5.74, 6) is -0.512. The van der Waals surface area contributed by atoms with Crippen LogP contribution in [0.15, 0.2) is 48.3 Å². The van der Waals surface area contributed by atoms with Crippen LogP contribution in [0, 0.1) is 22.7 Å². The highest BCUT2D eigenvalue weighted by Gasteiger charge is 2.59. The topological polar surface area (TPSA) is 177 Å². The Kier molecular flexibility index (Phi) is 15.8. The van der Waals surface area contributed by atoms with E-state index < -0.39 is 83.0 Å². The molecule has 0 radical (unpaired) electrons. The second kappa shape index (κ2) is 19.5. The lowest BCUT2D eigenvalue weighted by Crippen LogP contribution is -2.62. The van der Waals surface area contributed by atoms with E-state index in [2.05, 4.69) is 31.9 Å². The third-order valence-corrected chi connectivity index (χ3v) is 11.6. The molecule has 4 aliphatic rings. The van der Waals surface area contributed by atoms with Gasteiger partial charge >= 0.3 is 17.9 Å². The standard InChI is InChI=1S/C44H64O13/c1-10-11-12-13-14-15-38(47)55-40-31(24-39(48)51-9)23-34-17-19-52-29(3)22-32(46)25-35-26-37(53-30(4)45)42(7,8)43(49,56-35)27-36-21-28(2)20-33(54-36)16-18-41(5,6)44(40,50)57-34/h16,18,24,32-37,40,46,49-50H,2-3,10-13,17,19-23,25-27H2,1,4-9H3/b18-16+,31-24+/t32-,33-,34+,35+,36-,37-,40-,43-,44+/m0/s1. The van der Waals surface area contributed by atoms with E-state index in [1.54, 1.807) is 39.8 Å². The molecule has 4 rings (SSSR count). The maximum absolute atomic E-state index is 13.2. The average molecular weight is 801 g/mol. The highest BCUT2D eigenvalue weighted by atomic mass is 16.7. The summed E-state index contributed by atoms with van der Waals surface area (Å²) >= 11 is 0. The van der Waals surface area contributed by atoms with Gasteiger partial charge in [-0.3, -0.25) is 4.79 Å². The molecule has 0 saturated carbocycles. The number of unbranched alkanes of at least 4 members (excludes halogenated alkanes) is 3. The summed E-state index contributed by atoms with van der Waals surface area (Å²) in [7, 11) is 1.23. The van der Waals surface area contributed by atoms with Crippen LogP contribution in [0.25, 0.3) is 0 Å². The molecule has 4 heterocycles. The summed E-state index contributed by atoms with van der Waals surface area (Å²) in [6, 6.07) is 0. The summed E-state index contributed by atoms with van der Waals surface area (Å²) in [5, 5.41) is 36.2. The Hall–Kier alpha value is -3.51. The van der Waals surface area contributed by atoms with Crippen LogP contribution in [0.3, 0.4) is 0 Å². The minimum Gasteiger partial charge on any atom is -0.498 e. The molecule has 3 saturated heterocycles. The van der Waals surface area contributed by atoms with Crippen LogP contribution in [0.2, 0.25) is 0 Å². The van der Waals surface area contributed by atoms with E-state index in [1.807, 2.05) is 0 Å². The predicted molar refractivity (Wildman–Crippen MR) is 210 cm³/mol. The van der Waals surface area contributed by atoms with Crippen LogP contribution in [0.5, 0.6) is 0 Å². The van der Waals surface area contributed by atoms with Gasteiger partial charge in [-0.25, -0.2) is 9.59 Å². The van der Waals surface area contributed by atoms with Crippen molar-refractivity contribution in [2.24, 2.45) is 10.8 Å². The normalized spacial score (nSPS) is 35.7. The van der Waals surface area contributed by atoms with E-state index in [0.29, 0.717) is 19.3 Å². The minimum atomic E-state index is -2.24. The van der Waals surface area contributed by atoms with Gasteiger partial charge in [-0.1, -0.05) is 84.3 Å². The van der Waals surface area contributed by atoms with Crippen molar-refractivity contribution in [3.05, 3.63) is 48.3 Å². The van der Waals surface area contributed by atoms with Crippen molar-refractivity contribution in [3.63, 3.8) is 0 Å². The molecular formula is C44H64O13. The average Bonchev–Trinajstić information content (AvgIpc) is 3.10. The van der Waals surface area contributed by atoms with Crippen LogP contribution < -0.4 is 0 Å². The molecule has 3 fully saturated rings. The van der Waals surface area contributed by atoms with Crippen molar-refractivity contribution in [3.8, 4) is 11.8 Å². The van der Waals surface area contributed by atoms with Crippen molar-refractivity contribution >= 4 is 17.9 Å². The highest BCUT2D eigenvalue weighted by molar-refractivity contribution is 5.89. The van der Waals surface area contributed by atoms with Crippen molar-refractivity contribution in [1.82, 2.24) is 0 Å². The second-order valence-corrected chi connectivity index (χ2v) is 17.0. The maximum Gasteiger partial charge on any atom is 0.385 e. The summed E-state index contributed by atoms with van der Waals surface area (Å²) in [6.07, 6.45) is 3.89. The minimum absolute atomic E-state index is 0.000843. The van der Waals surface area contributed by atoms with Gasteiger partial charge in [0.25, 0.3) is 0 Å². The molecule has 0 spiro atoms. The lowest BCUT2D eigenvalue weighted by molar-refractivity contribution is -0.348. The van der Waals surface area contributed by atoms with E-state index in [4.69, 9.17) is 33.2 Å². The number of aliphatic hydroxyl groups excluding tert-OH is 1. The van der Waals surface area contributed by atoms with E-state index in [0.717, 1.165) is 24.8 Å². The number of hydrogen-bond acceptors (Lipinski definition) is 13. The van der Waals surface area contributed by atoms with Crippen LogP contribution in [0.4, 0.5) is 0 Å². The fourth-order valence-corrected chi connectivity index (χ4v) is 8.06. The van der Waals surface area contributed by atoms with E-state index in [1.165, 1.54) is 20.1 Å². The van der Waals surface area contributed by atoms with Crippen molar-refractivity contribution in [2.45, 2.75) is 173 Å². The Morgan fingerprint density at radius 1 is 0.982 bits per heavy atom. The Balaban J connectivity index is 1.75. The number of carbonyl (C=O) groups is 3. The molecule has 57 heavy (non-hydrogen) atoms. The van der Waals surface area contributed by atoms with Crippen molar-refractivity contribution < 1.29 is 62.9 Å². The first-order valence-corrected chi connectivity index (χ1v) is 20.2. The van der Waals surface area contributed by atoms with Gasteiger partial charge in [0.05, 0.1) is 55.4 Å². The smallest absolute Gasteiger partial charge is 0.385 e. The highest BCUT2D eigenvalue weighted by Crippen LogP contribution is 2.50.